The summed E-state index contributed by atoms with van der Waals surface area (Å²) in [4.78, 5) is 8.48. The lowest BCUT2D eigenvalue weighted by atomic mass is 9.91. The van der Waals surface area contributed by atoms with Crippen molar-refractivity contribution in [3.8, 4) is 17.5 Å². The second kappa shape index (κ2) is 6.66. The Bertz CT molecular complexity index is 1210. The molecule has 0 unspecified atom stereocenters. The van der Waals surface area contributed by atoms with Crippen LogP contribution in [-0.4, -0.2) is 20.2 Å². The summed E-state index contributed by atoms with van der Waals surface area (Å²) >= 11 is 6.18. The summed E-state index contributed by atoms with van der Waals surface area (Å²) in [5.74, 6) is 0.615. The van der Waals surface area contributed by atoms with Gasteiger partial charge in [-0.2, -0.15) is 10.4 Å². The first-order chi connectivity index (χ1) is 13.7. The Morgan fingerprint density at radius 3 is 3.07 bits per heavy atom. The van der Waals surface area contributed by atoms with E-state index in [1.807, 2.05) is 24.3 Å². The van der Waals surface area contributed by atoms with E-state index in [9.17, 15) is 5.26 Å². The van der Waals surface area contributed by atoms with Gasteiger partial charge in [-0.25, -0.2) is 9.97 Å². The zero-order valence-corrected chi connectivity index (χ0v) is 15.5. The van der Waals surface area contributed by atoms with Crippen molar-refractivity contribution in [2.75, 3.05) is 5.32 Å². The lowest BCUT2D eigenvalue weighted by Crippen LogP contribution is -2.19. The number of aromatic amines is 1. The number of fused-ring (bicyclic) bond motifs is 2. The van der Waals surface area contributed by atoms with Crippen molar-refractivity contribution in [3.05, 3.63) is 58.8 Å². The molecular formula is C20H15ClN6O. The van der Waals surface area contributed by atoms with Gasteiger partial charge in [-0.05, 0) is 49.1 Å². The second-order valence-corrected chi connectivity index (χ2v) is 7.13. The number of anilines is 1. The van der Waals surface area contributed by atoms with Gasteiger partial charge in [0.25, 0.3) is 0 Å². The van der Waals surface area contributed by atoms with Gasteiger partial charge in [0.15, 0.2) is 12.2 Å². The maximum atomic E-state index is 9.19. The molecule has 0 bridgehead atoms. The molecule has 3 aromatic heterocycles. The van der Waals surface area contributed by atoms with E-state index in [0.717, 1.165) is 52.8 Å². The zero-order chi connectivity index (χ0) is 19.1. The minimum absolute atomic E-state index is 0.0343. The molecule has 5 rings (SSSR count). The van der Waals surface area contributed by atoms with Crippen LogP contribution < -0.4 is 5.32 Å². The summed E-state index contributed by atoms with van der Waals surface area (Å²) in [6, 6.07) is 10.0. The Hall–Kier alpha value is -3.37. The van der Waals surface area contributed by atoms with Crippen molar-refractivity contribution in [3.63, 3.8) is 0 Å². The minimum Gasteiger partial charge on any atom is -0.442 e. The van der Waals surface area contributed by atoms with Crippen LogP contribution in [0.15, 0.2) is 41.3 Å². The number of benzene rings is 1. The summed E-state index contributed by atoms with van der Waals surface area (Å²) in [6.07, 6.45) is 5.91. The standard InChI is InChI=1S/C20H15ClN6O/c21-20-12(8-22)6-11-2-1-3-16(18(11)25-20)24-13-4-5-15-14(7-13)19(27-26-15)17-9-23-10-28-17/h4-7,9-10,16,24H,1-3H2,(H,26,27)/t16-/m0/s1. The Labute approximate surface area is 165 Å². The Morgan fingerprint density at radius 1 is 1.32 bits per heavy atom. The van der Waals surface area contributed by atoms with E-state index in [-0.39, 0.29) is 11.2 Å². The van der Waals surface area contributed by atoms with Crippen molar-refractivity contribution in [1.82, 2.24) is 20.2 Å². The van der Waals surface area contributed by atoms with E-state index in [0.29, 0.717) is 11.3 Å². The molecule has 4 aromatic rings. The SMILES string of the molecule is N#Cc1cc2c(nc1Cl)[C@@H](Nc1ccc3[nH]nc(-c4cnco4)c3c1)CCC2. The fourth-order valence-corrected chi connectivity index (χ4v) is 3.91. The van der Waals surface area contributed by atoms with Crippen molar-refractivity contribution in [1.29, 1.82) is 5.26 Å². The Balaban J connectivity index is 1.51. The van der Waals surface area contributed by atoms with Crippen LogP contribution in [0.25, 0.3) is 22.4 Å². The number of oxazole rings is 1. The minimum atomic E-state index is 0.0343. The molecule has 0 amide bonds. The topological polar surface area (TPSA) is 103 Å². The number of hydrogen-bond acceptors (Lipinski definition) is 6. The fraction of sp³-hybridized carbons (Fsp3) is 0.200. The monoisotopic (exact) mass is 390 g/mol. The van der Waals surface area contributed by atoms with Crippen LogP contribution in [0.2, 0.25) is 5.15 Å². The summed E-state index contributed by atoms with van der Waals surface area (Å²) < 4.78 is 5.39. The van der Waals surface area contributed by atoms with Gasteiger partial charge < -0.3 is 9.73 Å². The van der Waals surface area contributed by atoms with E-state index >= 15 is 0 Å². The third kappa shape index (κ3) is 2.79. The number of rotatable bonds is 3. The molecule has 0 fully saturated rings. The van der Waals surface area contributed by atoms with Crippen LogP contribution in [0.5, 0.6) is 0 Å². The number of nitriles is 1. The molecule has 7 nitrogen and oxygen atoms in total. The molecule has 0 spiro atoms. The molecule has 1 aliphatic rings. The first-order valence-corrected chi connectivity index (χ1v) is 9.33. The van der Waals surface area contributed by atoms with Crippen LogP contribution in [0.4, 0.5) is 5.69 Å². The Kier molecular flexibility index (Phi) is 3.99. The van der Waals surface area contributed by atoms with E-state index < -0.39 is 0 Å². The van der Waals surface area contributed by atoms with Crippen molar-refractivity contribution < 1.29 is 4.42 Å². The highest BCUT2D eigenvalue weighted by Gasteiger charge is 2.24. The fourth-order valence-electron chi connectivity index (χ4n) is 3.73. The van der Waals surface area contributed by atoms with E-state index in [4.69, 9.17) is 16.0 Å². The van der Waals surface area contributed by atoms with Crippen LogP contribution in [-0.2, 0) is 6.42 Å². The van der Waals surface area contributed by atoms with Crippen molar-refractivity contribution in [2.24, 2.45) is 0 Å². The van der Waals surface area contributed by atoms with E-state index in [2.05, 4.69) is 31.6 Å². The molecule has 28 heavy (non-hydrogen) atoms. The molecule has 2 N–H and O–H groups in total. The number of aromatic nitrogens is 4. The lowest BCUT2D eigenvalue weighted by molar-refractivity contribution is 0.570. The van der Waals surface area contributed by atoms with Crippen LogP contribution in [0, 0.1) is 11.3 Å². The number of pyridine rings is 1. The van der Waals surface area contributed by atoms with Crippen LogP contribution in [0.1, 0.15) is 35.7 Å². The average Bonchev–Trinajstić information content (AvgIpc) is 3.37. The zero-order valence-electron chi connectivity index (χ0n) is 14.7. The van der Waals surface area contributed by atoms with Gasteiger partial charge in [0.05, 0.1) is 29.0 Å². The molecule has 8 heteroatoms. The highest BCUT2D eigenvalue weighted by molar-refractivity contribution is 6.30. The third-order valence-electron chi connectivity index (χ3n) is 5.05. The predicted octanol–water partition coefficient (Wildman–Crippen LogP) is 4.63. The largest absolute Gasteiger partial charge is 0.442 e. The summed E-state index contributed by atoms with van der Waals surface area (Å²) in [7, 11) is 0. The van der Waals surface area contributed by atoms with Gasteiger partial charge >= 0.3 is 0 Å². The first-order valence-electron chi connectivity index (χ1n) is 8.96. The quantitative estimate of drug-likeness (QED) is 0.494. The van der Waals surface area contributed by atoms with E-state index in [1.54, 1.807) is 6.20 Å². The van der Waals surface area contributed by atoms with Gasteiger partial charge in [-0.1, -0.05) is 11.6 Å². The molecule has 0 aliphatic heterocycles. The summed E-state index contributed by atoms with van der Waals surface area (Å²) in [5.41, 5.74) is 5.02. The van der Waals surface area contributed by atoms with E-state index in [1.165, 1.54) is 6.39 Å². The van der Waals surface area contributed by atoms with Gasteiger partial charge in [-0.3, -0.25) is 5.10 Å². The number of nitrogens with one attached hydrogen (secondary N) is 2. The van der Waals surface area contributed by atoms with Gasteiger partial charge in [0.1, 0.15) is 16.9 Å². The number of aryl methyl sites for hydroxylation is 1. The molecular weight excluding hydrogens is 376 g/mol. The highest BCUT2D eigenvalue weighted by Crippen LogP contribution is 2.35. The molecule has 138 valence electrons. The predicted molar refractivity (Wildman–Crippen MR) is 105 cm³/mol. The number of H-pyrrole nitrogens is 1. The van der Waals surface area contributed by atoms with Gasteiger partial charge in [0.2, 0.25) is 0 Å². The molecule has 0 saturated heterocycles. The average molecular weight is 391 g/mol. The van der Waals surface area contributed by atoms with Crippen molar-refractivity contribution in [2.45, 2.75) is 25.3 Å². The smallest absolute Gasteiger partial charge is 0.181 e. The molecule has 1 aromatic carbocycles. The third-order valence-corrected chi connectivity index (χ3v) is 5.34. The number of halogens is 1. The molecule has 1 aliphatic carbocycles. The lowest BCUT2D eigenvalue weighted by Gasteiger charge is -2.26. The van der Waals surface area contributed by atoms with Crippen LogP contribution >= 0.6 is 11.6 Å². The van der Waals surface area contributed by atoms with Crippen LogP contribution in [0.3, 0.4) is 0 Å². The normalized spacial score (nSPS) is 15.9. The highest BCUT2D eigenvalue weighted by atomic mass is 35.5. The molecule has 0 radical (unpaired) electrons. The summed E-state index contributed by atoms with van der Waals surface area (Å²) in [5, 5.41) is 21.3. The molecule has 3 heterocycles. The molecule has 1 atom stereocenters. The second-order valence-electron chi connectivity index (χ2n) is 6.77. The number of hydrogen-bond donors (Lipinski definition) is 2. The first kappa shape index (κ1) is 16.8. The maximum absolute atomic E-state index is 9.19. The maximum Gasteiger partial charge on any atom is 0.181 e. The Morgan fingerprint density at radius 2 is 2.25 bits per heavy atom. The number of nitrogens with zero attached hydrogens (tertiary/aromatic N) is 4. The van der Waals surface area contributed by atoms with Gasteiger partial charge in [-0.15, -0.1) is 0 Å². The summed E-state index contributed by atoms with van der Waals surface area (Å²) in [6.45, 7) is 0. The van der Waals surface area contributed by atoms with Gasteiger partial charge in [0, 0.05) is 11.1 Å². The molecule has 0 saturated carbocycles. The van der Waals surface area contributed by atoms with Crippen molar-refractivity contribution >= 4 is 28.2 Å².